The van der Waals surface area contributed by atoms with Crippen LogP contribution in [0.1, 0.15) is 51.2 Å². The molecule has 0 amide bonds. The van der Waals surface area contributed by atoms with Gasteiger partial charge in [0.2, 0.25) is 0 Å². The molecule has 1 fully saturated rings. The van der Waals surface area contributed by atoms with E-state index in [-0.39, 0.29) is 0 Å². The summed E-state index contributed by atoms with van der Waals surface area (Å²) in [7, 11) is 0. The second kappa shape index (κ2) is 4.25. The minimum atomic E-state index is 0.510. The standard InChI is InChI=1S/C12H20N2O/c1-8(2)9-3-5-10(6-4-9)11-7-12(13)14-15-11/h7-10H,3-6H2,1-2H3,(H2,13,14). The molecule has 1 aliphatic rings. The first-order valence-corrected chi connectivity index (χ1v) is 5.89. The lowest BCUT2D eigenvalue weighted by Gasteiger charge is -2.29. The molecule has 0 atom stereocenters. The average Bonchev–Trinajstić information content (AvgIpc) is 2.65. The van der Waals surface area contributed by atoms with Crippen LogP contribution in [0.5, 0.6) is 0 Å². The monoisotopic (exact) mass is 208 g/mol. The van der Waals surface area contributed by atoms with Crippen LogP contribution in [-0.4, -0.2) is 5.16 Å². The zero-order valence-electron chi connectivity index (χ0n) is 9.57. The van der Waals surface area contributed by atoms with Gasteiger partial charge in [-0.2, -0.15) is 0 Å². The Bertz CT molecular complexity index is 311. The lowest BCUT2D eigenvalue weighted by molar-refractivity contribution is 0.235. The van der Waals surface area contributed by atoms with Crippen molar-refractivity contribution in [1.82, 2.24) is 5.16 Å². The number of anilines is 1. The van der Waals surface area contributed by atoms with Crippen LogP contribution in [0.2, 0.25) is 0 Å². The van der Waals surface area contributed by atoms with E-state index in [1.807, 2.05) is 6.07 Å². The Kier molecular flexibility index (Phi) is 2.98. The maximum atomic E-state index is 5.56. The van der Waals surface area contributed by atoms with Gasteiger partial charge in [-0.05, 0) is 37.5 Å². The van der Waals surface area contributed by atoms with Gasteiger partial charge in [0.1, 0.15) is 5.76 Å². The minimum absolute atomic E-state index is 0.510. The topological polar surface area (TPSA) is 52.0 Å². The summed E-state index contributed by atoms with van der Waals surface area (Å²) in [6.07, 6.45) is 5.06. The molecular weight excluding hydrogens is 188 g/mol. The summed E-state index contributed by atoms with van der Waals surface area (Å²) in [6.45, 7) is 4.63. The second-order valence-electron chi connectivity index (χ2n) is 5.01. The molecule has 1 aliphatic carbocycles. The minimum Gasteiger partial charge on any atom is -0.381 e. The van der Waals surface area contributed by atoms with Crippen LogP contribution in [0.25, 0.3) is 0 Å². The van der Waals surface area contributed by atoms with Gasteiger partial charge in [-0.25, -0.2) is 0 Å². The zero-order valence-corrected chi connectivity index (χ0v) is 9.57. The molecule has 0 spiro atoms. The summed E-state index contributed by atoms with van der Waals surface area (Å²) >= 11 is 0. The van der Waals surface area contributed by atoms with Crippen LogP contribution >= 0.6 is 0 Å². The van der Waals surface area contributed by atoms with E-state index in [0.717, 1.165) is 17.6 Å². The molecule has 0 saturated heterocycles. The second-order valence-corrected chi connectivity index (χ2v) is 5.01. The van der Waals surface area contributed by atoms with Crippen molar-refractivity contribution in [2.75, 3.05) is 5.73 Å². The highest BCUT2D eigenvalue weighted by atomic mass is 16.5. The van der Waals surface area contributed by atoms with Crippen molar-refractivity contribution in [3.63, 3.8) is 0 Å². The van der Waals surface area contributed by atoms with Gasteiger partial charge in [0, 0.05) is 12.0 Å². The number of aromatic nitrogens is 1. The molecule has 0 radical (unpaired) electrons. The van der Waals surface area contributed by atoms with E-state index in [9.17, 15) is 0 Å². The van der Waals surface area contributed by atoms with Crippen LogP contribution in [0.4, 0.5) is 5.82 Å². The quantitative estimate of drug-likeness (QED) is 0.812. The number of hydrogen-bond acceptors (Lipinski definition) is 3. The molecule has 1 aromatic rings. The highest BCUT2D eigenvalue weighted by molar-refractivity contribution is 5.28. The lowest BCUT2D eigenvalue weighted by Crippen LogP contribution is -2.17. The molecule has 1 aromatic heterocycles. The van der Waals surface area contributed by atoms with Gasteiger partial charge in [-0.1, -0.05) is 19.0 Å². The molecular formula is C12H20N2O. The van der Waals surface area contributed by atoms with Crippen molar-refractivity contribution in [1.29, 1.82) is 0 Å². The smallest absolute Gasteiger partial charge is 0.167 e. The first-order chi connectivity index (χ1) is 7.16. The summed E-state index contributed by atoms with van der Waals surface area (Å²) in [5.41, 5.74) is 5.56. The van der Waals surface area contributed by atoms with E-state index in [2.05, 4.69) is 19.0 Å². The summed E-state index contributed by atoms with van der Waals surface area (Å²) in [6, 6.07) is 1.88. The molecule has 2 rings (SSSR count). The average molecular weight is 208 g/mol. The van der Waals surface area contributed by atoms with Crippen LogP contribution in [0.3, 0.4) is 0 Å². The first kappa shape index (κ1) is 10.5. The van der Waals surface area contributed by atoms with Crippen molar-refractivity contribution < 1.29 is 4.52 Å². The fraction of sp³-hybridized carbons (Fsp3) is 0.750. The lowest BCUT2D eigenvalue weighted by atomic mass is 9.76. The summed E-state index contributed by atoms with van der Waals surface area (Å²) < 4.78 is 5.22. The highest BCUT2D eigenvalue weighted by Gasteiger charge is 2.26. The zero-order chi connectivity index (χ0) is 10.8. The molecule has 1 heterocycles. The third-order valence-corrected chi connectivity index (χ3v) is 3.66. The van der Waals surface area contributed by atoms with Crippen LogP contribution < -0.4 is 5.73 Å². The number of nitrogen functional groups attached to an aromatic ring is 1. The summed E-state index contributed by atoms with van der Waals surface area (Å²) in [4.78, 5) is 0. The van der Waals surface area contributed by atoms with E-state index in [0.29, 0.717) is 11.7 Å². The summed E-state index contributed by atoms with van der Waals surface area (Å²) in [5.74, 6) is 3.74. The van der Waals surface area contributed by atoms with Crippen LogP contribution in [-0.2, 0) is 0 Å². The molecule has 0 aromatic carbocycles. The molecule has 3 heteroatoms. The van der Waals surface area contributed by atoms with E-state index in [4.69, 9.17) is 10.3 Å². The largest absolute Gasteiger partial charge is 0.381 e. The Hall–Kier alpha value is -0.990. The normalized spacial score (nSPS) is 27.1. The molecule has 2 N–H and O–H groups in total. The molecule has 0 aliphatic heterocycles. The molecule has 0 bridgehead atoms. The molecule has 3 nitrogen and oxygen atoms in total. The van der Waals surface area contributed by atoms with Crippen molar-refractivity contribution in [3.8, 4) is 0 Å². The maximum absolute atomic E-state index is 5.56. The Morgan fingerprint density at radius 2 is 2.00 bits per heavy atom. The maximum Gasteiger partial charge on any atom is 0.167 e. The van der Waals surface area contributed by atoms with Crippen molar-refractivity contribution >= 4 is 5.82 Å². The van der Waals surface area contributed by atoms with Gasteiger partial charge in [0.25, 0.3) is 0 Å². The van der Waals surface area contributed by atoms with Crippen LogP contribution in [0, 0.1) is 11.8 Å². The fourth-order valence-electron chi connectivity index (χ4n) is 2.57. The third kappa shape index (κ3) is 2.33. The number of nitrogens with two attached hydrogens (primary N) is 1. The van der Waals surface area contributed by atoms with Gasteiger partial charge in [0.15, 0.2) is 5.82 Å². The van der Waals surface area contributed by atoms with Crippen molar-refractivity contribution in [2.45, 2.75) is 45.4 Å². The van der Waals surface area contributed by atoms with Gasteiger partial charge in [0.05, 0.1) is 0 Å². The SMILES string of the molecule is CC(C)C1CCC(c2cc(N)no2)CC1. The Morgan fingerprint density at radius 1 is 1.33 bits per heavy atom. The number of hydrogen-bond donors (Lipinski definition) is 1. The first-order valence-electron chi connectivity index (χ1n) is 5.89. The molecule has 84 valence electrons. The van der Waals surface area contributed by atoms with E-state index >= 15 is 0 Å². The molecule has 15 heavy (non-hydrogen) atoms. The van der Waals surface area contributed by atoms with Gasteiger partial charge < -0.3 is 10.3 Å². The van der Waals surface area contributed by atoms with Gasteiger partial charge in [-0.3, -0.25) is 0 Å². The number of rotatable bonds is 2. The van der Waals surface area contributed by atoms with Crippen molar-refractivity contribution in [2.24, 2.45) is 11.8 Å². The van der Waals surface area contributed by atoms with Crippen LogP contribution in [0.15, 0.2) is 10.6 Å². The van der Waals surface area contributed by atoms with E-state index in [1.54, 1.807) is 0 Å². The van der Waals surface area contributed by atoms with Crippen molar-refractivity contribution in [3.05, 3.63) is 11.8 Å². The Balaban J connectivity index is 1.93. The molecule has 0 unspecified atom stereocenters. The summed E-state index contributed by atoms with van der Waals surface area (Å²) in [5, 5.41) is 3.75. The Labute approximate surface area is 91.0 Å². The fourth-order valence-corrected chi connectivity index (χ4v) is 2.57. The highest BCUT2D eigenvalue weighted by Crippen LogP contribution is 2.38. The van der Waals surface area contributed by atoms with Gasteiger partial charge >= 0.3 is 0 Å². The number of nitrogens with zero attached hydrogens (tertiary/aromatic N) is 1. The molecule has 1 saturated carbocycles. The van der Waals surface area contributed by atoms with Gasteiger partial charge in [-0.15, -0.1) is 0 Å². The van der Waals surface area contributed by atoms with E-state index in [1.165, 1.54) is 25.7 Å². The predicted molar refractivity (Wildman–Crippen MR) is 60.5 cm³/mol. The predicted octanol–water partition coefficient (Wildman–Crippen LogP) is 3.19. The van der Waals surface area contributed by atoms with E-state index < -0.39 is 0 Å². The third-order valence-electron chi connectivity index (χ3n) is 3.66. The Morgan fingerprint density at radius 3 is 2.47 bits per heavy atom.